The van der Waals surface area contributed by atoms with Crippen LogP contribution in [0.5, 0.6) is 0 Å². The smallest absolute Gasteiger partial charge is 0.354 e. The number of halogens is 6. The summed E-state index contributed by atoms with van der Waals surface area (Å²) in [6, 6.07) is 6.17. The molecule has 0 aliphatic heterocycles. The minimum absolute atomic E-state index is 0.157. The van der Waals surface area contributed by atoms with E-state index in [1.807, 2.05) is 6.92 Å². The van der Waals surface area contributed by atoms with Gasteiger partial charge in [-0.3, -0.25) is 13.9 Å². The predicted octanol–water partition coefficient (Wildman–Crippen LogP) is 6.16. The van der Waals surface area contributed by atoms with Gasteiger partial charge in [0.1, 0.15) is 12.6 Å². The monoisotopic (exact) mass is 629 g/mol. The molecule has 2 amide bonds. The van der Waals surface area contributed by atoms with E-state index in [9.17, 15) is 31.2 Å². The molecule has 0 saturated carbocycles. The van der Waals surface area contributed by atoms with Crippen molar-refractivity contribution in [3.05, 3.63) is 62.6 Å². The number of nitrogens with zero attached hydrogens (tertiary/aromatic N) is 2. The molecule has 0 fully saturated rings. The Labute approximate surface area is 241 Å². The Morgan fingerprint density at radius 1 is 1.03 bits per heavy atom. The summed E-state index contributed by atoms with van der Waals surface area (Å²) in [5.74, 6) is -1.32. The molecule has 0 saturated heterocycles. The van der Waals surface area contributed by atoms with Gasteiger partial charge in [0.15, 0.2) is 0 Å². The van der Waals surface area contributed by atoms with Crippen molar-refractivity contribution in [1.29, 1.82) is 0 Å². The van der Waals surface area contributed by atoms with Gasteiger partial charge in [-0.2, -0.15) is 13.2 Å². The number of hydrogen-bond donors (Lipinski definition) is 1. The molecule has 14 heteroatoms. The number of amides is 2. The van der Waals surface area contributed by atoms with E-state index < -0.39 is 56.9 Å². The molecule has 1 atom stereocenters. The van der Waals surface area contributed by atoms with Crippen molar-refractivity contribution in [2.24, 2.45) is 0 Å². The second-order valence-corrected chi connectivity index (χ2v) is 11.9. The summed E-state index contributed by atoms with van der Waals surface area (Å²) in [5, 5.41) is 2.56. The fraction of sp³-hybridized carbons (Fsp3) is 0.440. The lowest BCUT2D eigenvalue weighted by Gasteiger charge is -2.33. The molecular weight excluding hydrogens is 602 g/mol. The third-order valence-electron chi connectivity index (χ3n) is 5.83. The van der Waals surface area contributed by atoms with Gasteiger partial charge in [-0.05, 0) is 43.2 Å². The third kappa shape index (κ3) is 8.89. The van der Waals surface area contributed by atoms with Gasteiger partial charge in [0.25, 0.3) is 0 Å². The quantitative estimate of drug-likeness (QED) is 0.285. The maximum atomic E-state index is 13.7. The van der Waals surface area contributed by atoms with Crippen LogP contribution in [0, 0.1) is 0 Å². The highest BCUT2D eigenvalue weighted by Crippen LogP contribution is 2.37. The Kier molecular flexibility index (Phi) is 11.8. The number of anilines is 1. The molecule has 2 rings (SSSR count). The van der Waals surface area contributed by atoms with E-state index >= 15 is 0 Å². The zero-order chi connectivity index (χ0) is 29.5. The molecule has 0 aromatic heterocycles. The van der Waals surface area contributed by atoms with Crippen molar-refractivity contribution in [3.63, 3.8) is 0 Å². The number of rotatable bonds is 12. The summed E-state index contributed by atoms with van der Waals surface area (Å²) in [5.41, 5.74) is -1.35. The van der Waals surface area contributed by atoms with E-state index in [1.165, 1.54) is 0 Å². The molecule has 0 aliphatic carbocycles. The molecule has 0 spiro atoms. The van der Waals surface area contributed by atoms with Crippen molar-refractivity contribution in [1.82, 2.24) is 10.2 Å². The number of carbonyl (C=O) groups is 2. The van der Waals surface area contributed by atoms with E-state index in [0.717, 1.165) is 29.7 Å². The van der Waals surface area contributed by atoms with Crippen LogP contribution in [0.2, 0.25) is 15.1 Å². The molecule has 1 N–H and O–H groups in total. The molecule has 0 radical (unpaired) electrons. The van der Waals surface area contributed by atoms with Gasteiger partial charge in [-0.1, -0.05) is 61.1 Å². The SMILES string of the molecule is CCCCNC(=O)[C@H](CC)N(Cc1c(Cl)cccc1Cl)C(=O)CN(c1ccc(Cl)c(C(F)(F)F)c1)S(C)(=O)=O. The number of nitrogens with one attached hydrogen (secondary N) is 1. The number of hydrogen-bond acceptors (Lipinski definition) is 4. The first-order chi connectivity index (χ1) is 18.1. The summed E-state index contributed by atoms with van der Waals surface area (Å²) in [4.78, 5) is 27.9. The maximum Gasteiger partial charge on any atom is 0.417 e. The average Bonchev–Trinajstić information content (AvgIpc) is 2.83. The number of carbonyl (C=O) groups excluding carboxylic acids is 2. The number of sulfonamides is 1. The first kappa shape index (κ1) is 33.0. The predicted molar refractivity (Wildman–Crippen MR) is 148 cm³/mol. The van der Waals surface area contributed by atoms with Crippen LogP contribution in [0.3, 0.4) is 0 Å². The molecule has 0 bridgehead atoms. The lowest BCUT2D eigenvalue weighted by Crippen LogP contribution is -2.52. The minimum Gasteiger partial charge on any atom is -0.354 e. The summed E-state index contributed by atoms with van der Waals surface area (Å²) in [7, 11) is -4.26. The normalized spacial score (nSPS) is 12.6. The van der Waals surface area contributed by atoms with E-state index in [2.05, 4.69) is 5.32 Å². The Morgan fingerprint density at radius 3 is 2.15 bits per heavy atom. The molecule has 2 aromatic carbocycles. The zero-order valence-electron chi connectivity index (χ0n) is 21.5. The maximum absolute atomic E-state index is 13.7. The second kappa shape index (κ2) is 13.9. The van der Waals surface area contributed by atoms with E-state index in [-0.39, 0.29) is 23.0 Å². The Balaban J connectivity index is 2.55. The highest BCUT2D eigenvalue weighted by molar-refractivity contribution is 7.92. The summed E-state index contributed by atoms with van der Waals surface area (Å²) in [6.45, 7) is 2.84. The van der Waals surface area contributed by atoms with Crippen molar-refractivity contribution in [2.75, 3.05) is 23.7 Å². The molecule has 2 aromatic rings. The first-order valence-corrected chi connectivity index (χ1v) is 14.9. The standard InChI is InChI=1S/C25H29Cl3F3N3O4S/c1-4-6-12-32-24(36)22(5-2)33(14-17-19(26)8-7-9-20(17)27)23(35)15-34(39(3,37)38)16-10-11-21(28)18(13-16)25(29,30)31/h7-11,13,22H,4-6,12,14-15H2,1-3H3,(H,32,36)/t22-/m0/s1. The fourth-order valence-corrected chi connectivity index (χ4v) is 5.36. The van der Waals surface area contributed by atoms with E-state index in [4.69, 9.17) is 34.8 Å². The minimum atomic E-state index is -4.86. The van der Waals surface area contributed by atoms with Crippen molar-refractivity contribution in [3.8, 4) is 0 Å². The Morgan fingerprint density at radius 2 is 1.64 bits per heavy atom. The third-order valence-corrected chi connectivity index (χ3v) is 8.01. The molecule has 0 aliphatic rings. The molecule has 7 nitrogen and oxygen atoms in total. The van der Waals surface area contributed by atoms with Crippen LogP contribution >= 0.6 is 34.8 Å². The fourth-order valence-electron chi connectivity index (χ4n) is 3.78. The van der Waals surface area contributed by atoms with E-state index in [1.54, 1.807) is 25.1 Å². The zero-order valence-corrected chi connectivity index (χ0v) is 24.6. The lowest BCUT2D eigenvalue weighted by atomic mass is 10.1. The number of alkyl halides is 3. The average molecular weight is 631 g/mol. The topological polar surface area (TPSA) is 86.8 Å². The van der Waals surface area contributed by atoms with Crippen LogP contribution in [0.4, 0.5) is 18.9 Å². The molecular formula is C25H29Cl3F3N3O4S. The van der Waals surface area contributed by atoms with Crippen molar-refractivity contribution in [2.45, 2.75) is 51.9 Å². The van der Waals surface area contributed by atoms with Gasteiger partial charge in [0, 0.05) is 28.7 Å². The van der Waals surface area contributed by atoms with Crippen molar-refractivity contribution < 1.29 is 31.2 Å². The highest BCUT2D eigenvalue weighted by atomic mass is 35.5. The lowest BCUT2D eigenvalue weighted by molar-refractivity contribution is -0.140. The first-order valence-electron chi connectivity index (χ1n) is 12.0. The van der Waals surface area contributed by atoms with Crippen LogP contribution in [0.25, 0.3) is 0 Å². The van der Waals surface area contributed by atoms with Crippen LogP contribution < -0.4 is 9.62 Å². The molecule has 0 heterocycles. The highest BCUT2D eigenvalue weighted by Gasteiger charge is 2.36. The van der Waals surface area contributed by atoms with Crippen LogP contribution in [0.15, 0.2) is 36.4 Å². The van der Waals surface area contributed by atoms with Crippen LogP contribution in [-0.4, -0.2) is 50.5 Å². The summed E-state index contributed by atoms with van der Waals surface area (Å²) in [6.07, 6.45) is -2.43. The van der Waals surface area contributed by atoms with Crippen molar-refractivity contribution >= 4 is 62.3 Å². The largest absolute Gasteiger partial charge is 0.417 e. The molecule has 39 heavy (non-hydrogen) atoms. The van der Waals surface area contributed by atoms with Gasteiger partial charge in [-0.15, -0.1) is 0 Å². The Bertz CT molecular complexity index is 1270. The van der Waals surface area contributed by atoms with Gasteiger partial charge in [-0.25, -0.2) is 8.42 Å². The Hall–Kier alpha value is -2.21. The number of benzene rings is 2. The van der Waals surface area contributed by atoms with Gasteiger partial charge < -0.3 is 10.2 Å². The van der Waals surface area contributed by atoms with Crippen LogP contribution in [0.1, 0.15) is 44.2 Å². The molecule has 0 unspecified atom stereocenters. The summed E-state index contributed by atoms with van der Waals surface area (Å²) < 4.78 is 66.3. The van der Waals surface area contributed by atoms with E-state index in [0.29, 0.717) is 28.9 Å². The number of unbranched alkanes of at least 4 members (excludes halogenated alkanes) is 1. The van der Waals surface area contributed by atoms with Gasteiger partial charge in [0.05, 0.1) is 22.5 Å². The molecule has 216 valence electrons. The summed E-state index contributed by atoms with van der Waals surface area (Å²) >= 11 is 18.3. The second-order valence-electron chi connectivity index (χ2n) is 8.72. The van der Waals surface area contributed by atoms with Gasteiger partial charge in [0.2, 0.25) is 21.8 Å². The van der Waals surface area contributed by atoms with Crippen LogP contribution in [-0.2, 0) is 32.3 Å². The van der Waals surface area contributed by atoms with Gasteiger partial charge >= 0.3 is 6.18 Å².